The zero-order chi connectivity index (χ0) is 17.2. The smallest absolute Gasteiger partial charge is 0.209 e. The van der Waals surface area contributed by atoms with Gasteiger partial charge in [-0.1, -0.05) is 39.5 Å². The molecule has 3 fully saturated rings. The molecule has 2 saturated carbocycles. The van der Waals surface area contributed by atoms with Gasteiger partial charge in [-0.2, -0.15) is 0 Å². The van der Waals surface area contributed by atoms with Crippen molar-refractivity contribution < 1.29 is 13.8 Å². The number of hydrogen-bond donors (Lipinski definition) is 0. The van der Waals surface area contributed by atoms with Gasteiger partial charge in [0.25, 0.3) is 0 Å². The van der Waals surface area contributed by atoms with Gasteiger partial charge in [0.2, 0.25) is 7.37 Å². The molecule has 1 aliphatic heterocycles. The Labute approximate surface area is 148 Å². The molecule has 0 N–H and O–H groups in total. The quantitative estimate of drug-likeness (QED) is 0.414. The summed E-state index contributed by atoms with van der Waals surface area (Å²) in [5.74, 6) is 1.63. The molecule has 3 unspecified atom stereocenters. The first kappa shape index (κ1) is 18.9. The van der Waals surface area contributed by atoms with Crippen molar-refractivity contribution in [1.82, 2.24) is 0 Å². The molecule has 4 heteroatoms. The minimum atomic E-state index is -2.57. The molecular formula is C20H37O3P. The molecule has 3 atom stereocenters. The van der Waals surface area contributed by atoms with Crippen LogP contribution in [0.15, 0.2) is 0 Å². The van der Waals surface area contributed by atoms with Gasteiger partial charge in [-0.25, -0.2) is 0 Å². The van der Waals surface area contributed by atoms with E-state index in [4.69, 9.17) is 9.26 Å². The summed E-state index contributed by atoms with van der Waals surface area (Å²) in [5, 5.41) is 0. The fraction of sp³-hybridized carbons (Fsp3) is 1.00. The molecule has 140 valence electrons. The number of ether oxygens (including phenoxy) is 1. The first-order chi connectivity index (χ1) is 11.5. The second kappa shape index (κ2) is 7.80. The van der Waals surface area contributed by atoms with Gasteiger partial charge in [0.1, 0.15) is 5.60 Å². The first-order valence-electron chi connectivity index (χ1n) is 10.3. The fourth-order valence-corrected chi connectivity index (χ4v) is 8.35. The summed E-state index contributed by atoms with van der Waals surface area (Å²) in [7, 11) is -2.57. The lowest BCUT2D eigenvalue weighted by atomic mass is 9.79. The van der Waals surface area contributed by atoms with Crippen LogP contribution in [0.1, 0.15) is 85.0 Å². The minimum Gasteiger partial charge on any atom is -0.367 e. The number of hydrogen-bond acceptors (Lipinski definition) is 3. The van der Waals surface area contributed by atoms with Crippen molar-refractivity contribution in [3.05, 3.63) is 0 Å². The van der Waals surface area contributed by atoms with E-state index in [1.54, 1.807) is 0 Å². The van der Waals surface area contributed by atoms with Gasteiger partial charge in [-0.15, -0.1) is 0 Å². The van der Waals surface area contributed by atoms with Gasteiger partial charge in [0.15, 0.2) is 0 Å². The van der Waals surface area contributed by atoms with Crippen LogP contribution in [0.5, 0.6) is 0 Å². The molecule has 0 aromatic rings. The molecule has 2 aliphatic carbocycles. The second-order valence-electron chi connectivity index (χ2n) is 8.90. The van der Waals surface area contributed by atoms with Gasteiger partial charge < -0.3 is 9.26 Å². The summed E-state index contributed by atoms with van der Waals surface area (Å²) in [6.45, 7) is 8.05. The highest BCUT2D eigenvalue weighted by molar-refractivity contribution is 7.60. The molecule has 0 bridgehead atoms. The van der Waals surface area contributed by atoms with Crippen molar-refractivity contribution in [3.8, 4) is 0 Å². The van der Waals surface area contributed by atoms with Crippen LogP contribution in [-0.4, -0.2) is 30.1 Å². The van der Waals surface area contributed by atoms with Crippen LogP contribution in [0.3, 0.4) is 0 Å². The molecule has 0 amide bonds. The van der Waals surface area contributed by atoms with Crippen molar-refractivity contribution in [3.63, 3.8) is 0 Å². The Balaban J connectivity index is 1.66. The Morgan fingerprint density at radius 2 is 1.67 bits per heavy atom. The summed E-state index contributed by atoms with van der Waals surface area (Å²) in [6.07, 6.45) is 12.0. The van der Waals surface area contributed by atoms with Gasteiger partial charge >= 0.3 is 0 Å². The maximum atomic E-state index is 14.1. The molecule has 3 nitrogen and oxygen atoms in total. The van der Waals surface area contributed by atoms with Crippen LogP contribution in [0.4, 0.5) is 0 Å². The van der Waals surface area contributed by atoms with E-state index in [9.17, 15) is 4.57 Å². The van der Waals surface area contributed by atoms with Crippen LogP contribution in [0, 0.1) is 11.8 Å². The molecule has 0 spiro atoms. The third-order valence-corrected chi connectivity index (χ3v) is 10.6. The van der Waals surface area contributed by atoms with Crippen molar-refractivity contribution >= 4 is 7.37 Å². The van der Waals surface area contributed by atoms with E-state index >= 15 is 0 Å². The lowest BCUT2D eigenvalue weighted by Gasteiger charge is -2.40. The largest absolute Gasteiger partial charge is 0.367 e. The van der Waals surface area contributed by atoms with E-state index in [1.165, 1.54) is 38.5 Å². The van der Waals surface area contributed by atoms with E-state index in [0.29, 0.717) is 17.9 Å². The lowest BCUT2D eigenvalue weighted by molar-refractivity contribution is 0.188. The maximum absolute atomic E-state index is 14.1. The van der Waals surface area contributed by atoms with Crippen LogP contribution in [0.25, 0.3) is 0 Å². The van der Waals surface area contributed by atoms with Gasteiger partial charge in [-0.05, 0) is 57.3 Å². The fourth-order valence-electron chi connectivity index (χ4n) is 4.76. The predicted octanol–water partition coefficient (Wildman–Crippen LogP) is 6.01. The van der Waals surface area contributed by atoms with Crippen LogP contribution < -0.4 is 0 Å². The van der Waals surface area contributed by atoms with Crippen molar-refractivity contribution in [2.24, 2.45) is 11.8 Å². The van der Waals surface area contributed by atoms with Gasteiger partial charge in [0, 0.05) is 11.3 Å². The zero-order valence-electron chi connectivity index (χ0n) is 16.0. The van der Waals surface area contributed by atoms with E-state index < -0.39 is 7.37 Å². The normalized spacial score (nSPS) is 38.5. The zero-order valence-corrected chi connectivity index (χ0v) is 16.9. The summed E-state index contributed by atoms with van der Waals surface area (Å²) in [6, 6.07) is 0. The number of rotatable bonds is 7. The Hall–Kier alpha value is 0.150. The molecule has 24 heavy (non-hydrogen) atoms. The van der Waals surface area contributed by atoms with E-state index in [-0.39, 0.29) is 5.60 Å². The second-order valence-corrected chi connectivity index (χ2v) is 11.9. The highest BCUT2D eigenvalue weighted by Crippen LogP contribution is 2.64. The lowest BCUT2D eigenvalue weighted by Crippen LogP contribution is -2.30. The molecule has 0 aromatic carbocycles. The third-order valence-electron chi connectivity index (χ3n) is 6.99. The average molecular weight is 356 g/mol. The summed E-state index contributed by atoms with van der Waals surface area (Å²) < 4.78 is 25.8. The molecule has 1 heterocycles. The van der Waals surface area contributed by atoms with E-state index in [2.05, 4.69) is 20.8 Å². The molecular weight excluding hydrogens is 319 g/mol. The molecule has 0 radical (unpaired) electrons. The van der Waals surface area contributed by atoms with E-state index in [1.807, 2.05) is 0 Å². The third kappa shape index (κ3) is 4.27. The Bertz CT molecular complexity index is 446. The minimum absolute atomic E-state index is 0.155. The standard InChI is InChI=1S/C20H37O3P/c1-4-16(2)17-10-12-19(13-11-17)24(21,18-8-6-5-7-9-18)23-15-20(3)14-22-20/h16-19H,4-15H2,1-3H3. The topological polar surface area (TPSA) is 38.8 Å². The Morgan fingerprint density at radius 3 is 2.21 bits per heavy atom. The number of epoxide rings is 1. The summed E-state index contributed by atoms with van der Waals surface area (Å²) in [4.78, 5) is 0. The van der Waals surface area contributed by atoms with E-state index in [0.717, 1.165) is 44.1 Å². The first-order valence-corrected chi connectivity index (χ1v) is 12.1. The predicted molar refractivity (Wildman–Crippen MR) is 100.0 cm³/mol. The van der Waals surface area contributed by atoms with Crippen molar-refractivity contribution in [2.75, 3.05) is 13.2 Å². The molecule has 3 rings (SSSR count). The van der Waals surface area contributed by atoms with Crippen LogP contribution in [-0.2, 0) is 13.8 Å². The monoisotopic (exact) mass is 356 g/mol. The van der Waals surface area contributed by atoms with Gasteiger partial charge in [0.05, 0.1) is 13.2 Å². The molecule has 1 saturated heterocycles. The SMILES string of the molecule is CCC(C)C1CCC(P(=O)(OCC2(C)CO2)C2CCCCC2)CC1. The van der Waals surface area contributed by atoms with Gasteiger partial charge in [-0.3, -0.25) is 4.57 Å². The molecule has 0 aromatic heterocycles. The Kier molecular flexibility index (Phi) is 6.15. The van der Waals surface area contributed by atoms with Crippen LogP contribution in [0.2, 0.25) is 0 Å². The summed E-state index contributed by atoms with van der Waals surface area (Å²) in [5.41, 5.74) is 0.472. The van der Waals surface area contributed by atoms with Crippen LogP contribution >= 0.6 is 7.37 Å². The Morgan fingerprint density at radius 1 is 1.08 bits per heavy atom. The summed E-state index contributed by atoms with van der Waals surface area (Å²) >= 11 is 0. The highest BCUT2D eigenvalue weighted by atomic mass is 31.2. The highest BCUT2D eigenvalue weighted by Gasteiger charge is 2.47. The molecule has 3 aliphatic rings. The van der Waals surface area contributed by atoms with Crippen molar-refractivity contribution in [2.45, 2.75) is 102 Å². The maximum Gasteiger partial charge on any atom is 0.209 e. The van der Waals surface area contributed by atoms with Crippen molar-refractivity contribution in [1.29, 1.82) is 0 Å². The average Bonchev–Trinajstić information content (AvgIpc) is 3.38.